The van der Waals surface area contributed by atoms with Gasteiger partial charge in [-0.05, 0) is 59.2 Å². The summed E-state index contributed by atoms with van der Waals surface area (Å²) in [6.07, 6.45) is 1.62. The molecule has 0 fully saturated rings. The highest BCUT2D eigenvalue weighted by Crippen LogP contribution is 2.66. The number of aromatic nitrogens is 1. The van der Waals surface area contributed by atoms with Gasteiger partial charge in [0.2, 0.25) is 0 Å². The molecule has 0 aliphatic rings. The third-order valence-electron chi connectivity index (χ3n) is 5.67. The second-order valence-electron chi connectivity index (χ2n) is 9.57. The average molecular weight is 541 g/mol. The molecular formula is C26H35F2N2O4PS. The van der Waals surface area contributed by atoms with E-state index in [1.165, 1.54) is 13.8 Å². The molecule has 10 heteroatoms. The van der Waals surface area contributed by atoms with Crippen molar-refractivity contribution in [3.63, 3.8) is 0 Å². The summed E-state index contributed by atoms with van der Waals surface area (Å²) in [5, 5.41) is 0.550. The number of benzene rings is 2. The lowest BCUT2D eigenvalue weighted by Crippen LogP contribution is -2.43. The Kier molecular flexibility index (Phi) is 8.95. The summed E-state index contributed by atoms with van der Waals surface area (Å²) in [5.74, 6) is 0. The fourth-order valence-corrected chi connectivity index (χ4v) is 6.44. The molecule has 0 spiro atoms. The largest absolute Gasteiger partial charge is 0.401 e. The van der Waals surface area contributed by atoms with Crippen LogP contribution in [0.25, 0.3) is 10.9 Å². The molecule has 1 aromatic heterocycles. The standard InChI is InChI=1S/C26H35F2N2O4PS/c1-7-33-35(31,34-8-2)26(27,28)24(29-36(32)25(4,5)6)22-18-30(17-20-12-10-9-11-13-20)23-15-14-19(3)16-21(22)23/h9-16,18,24,29H,7-8,17H2,1-6H3. The minimum absolute atomic E-state index is 0.173. The first-order valence-corrected chi connectivity index (χ1v) is 14.6. The fourth-order valence-electron chi connectivity index (χ4n) is 3.89. The minimum Gasteiger partial charge on any atom is -0.343 e. The number of hydrogen-bond acceptors (Lipinski definition) is 4. The Bertz CT molecular complexity index is 1250. The van der Waals surface area contributed by atoms with Crippen LogP contribution in [0.1, 0.15) is 57.4 Å². The monoisotopic (exact) mass is 540 g/mol. The summed E-state index contributed by atoms with van der Waals surface area (Å²) in [6.45, 7) is 9.86. The molecule has 3 rings (SSSR count). The predicted octanol–water partition coefficient (Wildman–Crippen LogP) is 6.95. The van der Waals surface area contributed by atoms with E-state index in [4.69, 9.17) is 9.05 Å². The quantitative estimate of drug-likeness (QED) is 0.267. The normalized spacial score (nSPS) is 14.8. The highest BCUT2D eigenvalue weighted by Gasteiger charge is 2.60. The van der Waals surface area contributed by atoms with Crippen molar-refractivity contribution in [1.82, 2.24) is 9.29 Å². The van der Waals surface area contributed by atoms with E-state index in [-0.39, 0.29) is 18.8 Å². The molecule has 0 aliphatic carbocycles. The second-order valence-corrected chi connectivity index (χ2v) is 13.7. The van der Waals surface area contributed by atoms with Gasteiger partial charge in [-0.3, -0.25) is 4.57 Å². The van der Waals surface area contributed by atoms with E-state index in [1.54, 1.807) is 27.0 Å². The lowest BCUT2D eigenvalue weighted by Gasteiger charge is -2.33. The maximum Gasteiger partial charge on any atom is 0.401 e. The summed E-state index contributed by atoms with van der Waals surface area (Å²) in [4.78, 5) is 0. The summed E-state index contributed by atoms with van der Waals surface area (Å²) in [6, 6.07) is 13.3. The third kappa shape index (κ3) is 5.97. The first kappa shape index (κ1) is 28.7. The van der Waals surface area contributed by atoms with Crippen molar-refractivity contribution in [2.75, 3.05) is 13.2 Å². The van der Waals surface area contributed by atoms with Crippen LogP contribution < -0.4 is 4.72 Å². The molecule has 0 radical (unpaired) electrons. The van der Waals surface area contributed by atoms with Gasteiger partial charge in [0.25, 0.3) is 0 Å². The van der Waals surface area contributed by atoms with Crippen LogP contribution in [0.5, 0.6) is 0 Å². The van der Waals surface area contributed by atoms with Crippen molar-refractivity contribution in [1.29, 1.82) is 0 Å². The van der Waals surface area contributed by atoms with E-state index in [0.29, 0.717) is 11.9 Å². The van der Waals surface area contributed by atoms with Crippen LogP contribution in [0.3, 0.4) is 0 Å². The van der Waals surface area contributed by atoms with Crippen molar-refractivity contribution in [3.05, 3.63) is 71.4 Å². The maximum atomic E-state index is 16.3. The fraction of sp³-hybridized carbons (Fsp3) is 0.462. The Morgan fingerprint density at radius 3 is 2.22 bits per heavy atom. The summed E-state index contributed by atoms with van der Waals surface area (Å²) in [7, 11) is -6.84. The van der Waals surface area contributed by atoms with E-state index in [1.807, 2.05) is 60.0 Å². The van der Waals surface area contributed by atoms with Gasteiger partial charge in [0.05, 0.1) is 28.9 Å². The van der Waals surface area contributed by atoms with Gasteiger partial charge in [-0.15, -0.1) is 0 Å². The zero-order chi connectivity index (χ0) is 26.7. The van der Waals surface area contributed by atoms with Crippen LogP contribution in [0.4, 0.5) is 8.78 Å². The van der Waals surface area contributed by atoms with Crippen molar-refractivity contribution in [2.45, 2.75) is 64.5 Å². The van der Waals surface area contributed by atoms with Gasteiger partial charge in [0, 0.05) is 29.2 Å². The smallest absolute Gasteiger partial charge is 0.343 e. The molecule has 2 atom stereocenters. The molecule has 36 heavy (non-hydrogen) atoms. The number of nitrogens with zero attached hydrogens (tertiary/aromatic N) is 1. The van der Waals surface area contributed by atoms with Crippen LogP contribution in [-0.4, -0.2) is 32.4 Å². The summed E-state index contributed by atoms with van der Waals surface area (Å²) < 4.78 is 72.9. The Labute approximate surface area is 214 Å². The number of aryl methyl sites for hydroxylation is 1. The van der Waals surface area contributed by atoms with Gasteiger partial charge in [0.1, 0.15) is 6.04 Å². The number of rotatable bonds is 11. The Morgan fingerprint density at radius 2 is 1.67 bits per heavy atom. The maximum absolute atomic E-state index is 16.3. The van der Waals surface area contributed by atoms with Crippen molar-refractivity contribution in [2.24, 2.45) is 0 Å². The molecule has 0 aliphatic heterocycles. The van der Waals surface area contributed by atoms with E-state index in [2.05, 4.69) is 4.72 Å². The molecule has 2 aromatic carbocycles. The molecule has 0 bridgehead atoms. The Balaban J connectivity index is 2.25. The van der Waals surface area contributed by atoms with Gasteiger partial charge in [-0.25, -0.2) is 8.93 Å². The van der Waals surface area contributed by atoms with Crippen molar-refractivity contribution >= 4 is 29.5 Å². The lowest BCUT2D eigenvalue weighted by atomic mass is 10.0. The molecule has 1 heterocycles. The van der Waals surface area contributed by atoms with Crippen LogP contribution >= 0.6 is 7.60 Å². The first-order valence-electron chi connectivity index (χ1n) is 11.9. The predicted molar refractivity (Wildman–Crippen MR) is 142 cm³/mol. The van der Waals surface area contributed by atoms with Crippen LogP contribution in [0.2, 0.25) is 0 Å². The van der Waals surface area contributed by atoms with Crippen LogP contribution in [0, 0.1) is 6.92 Å². The van der Waals surface area contributed by atoms with E-state index in [9.17, 15) is 8.77 Å². The molecule has 0 saturated carbocycles. The minimum atomic E-state index is -4.94. The topological polar surface area (TPSA) is 69.6 Å². The molecular weight excluding hydrogens is 505 g/mol. The zero-order valence-corrected chi connectivity index (χ0v) is 23.3. The van der Waals surface area contributed by atoms with Gasteiger partial charge < -0.3 is 13.6 Å². The van der Waals surface area contributed by atoms with Crippen LogP contribution in [0.15, 0.2) is 54.7 Å². The summed E-state index contributed by atoms with van der Waals surface area (Å²) >= 11 is 0. The highest BCUT2D eigenvalue weighted by molar-refractivity contribution is 7.84. The Hall–Kier alpha value is -1.90. The van der Waals surface area contributed by atoms with Gasteiger partial charge >= 0.3 is 13.3 Å². The van der Waals surface area contributed by atoms with Gasteiger partial charge in [0.15, 0.2) is 0 Å². The Morgan fingerprint density at radius 1 is 1.06 bits per heavy atom. The van der Waals surface area contributed by atoms with Crippen molar-refractivity contribution in [3.8, 4) is 0 Å². The number of halogens is 2. The first-order chi connectivity index (χ1) is 16.8. The summed E-state index contributed by atoms with van der Waals surface area (Å²) in [5.41, 5.74) is -1.25. The van der Waals surface area contributed by atoms with Crippen LogP contribution in [-0.2, 0) is 31.1 Å². The lowest BCUT2D eigenvalue weighted by molar-refractivity contribution is 0.0119. The van der Waals surface area contributed by atoms with E-state index >= 15 is 8.78 Å². The molecule has 2 unspecified atom stereocenters. The average Bonchev–Trinajstić information content (AvgIpc) is 3.14. The highest BCUT2D eigenvalue weighted by atomic mass is 32.2. The van der Waals surface area contributed by atoms with Gasteiger partial charge in [-0.2, -0.15) is 8.78 Å². The van der Waals surface area contributed by atoms with E-state index in [0.717, 1.165) is 16.6 Å². The number of fused-ring (bicyclic) bond motifs is 1. The molecule has 198 valence electrons. The third-order valence-corrected chi connectivity index (χ3v) is 9.41. The number of nitrogens with one attached hydrogen (secondary N) is 1. The zero-order valence-electron chi connectivity index (χ0n) is 21.6. The molecule has 3 aromatic rings. The van der Waals surface area contributed by atoms with E-state index < -0.39 is 35.0 Å². The van der Waals surface area contributed by atoms with Crippen molar-refractivity contribution < 1.29 is 26.6 Å². The number of alkyl halides is 2. The molecule has 6 nitrogen and oxygen atoms in total. The van der Waals surface area contributed by atoms with Gasteiger partial charge in [-0.1, -0.05) is 42.0 Å². The molecule has 1 N–H and O–H groups in total. The molecule has 0 amide bonds. The molecule has 0 saturated heterocycles. The number of hydrogen-bond donors (Lipinski definition) is 1. The second kappa shape index (κ2) is 11.2. The SMILES string of the molecule is CCOP(=O)(OCC)C(F)(F)C(NS(=O)C(C)(C)C)c1cn(Cc2ccccc2)c2ccc(C)cc12.